The van der Waals surface area contributed by atoms with E-state index in [-0.39, 0.29) is 5.82 Å². The molecule has 1 N–H and O–H groups in total. The summed E-state index contributed by atoms with van der Waals surface area (Å²) in [6.45, 7) is 0. The van der Waals surface area contributed by atoms with E-state index in [0.717, 1.165) is 27.5 Å². The highest BCUT2D eigenvalue weighted by molar-refractivity contribution is 7.98. The maximum atomic E-state index is 12.8. The van der Waals surface area contributed by atoms with Gasteiger partial charge in [-0.15, -0.1) is 0 Å². The van der Waals surface area contributed by atoms with Crippen LogP contribution in [0.5, 0.6) is 0 Å². The summed E-state index contributed by atoms with van der Waals surface area (Å²) < 4.78 is 12.8. The first-order chi connectivity index (χ1) is 9.20. The number of rotatable bonds is 3. The van der Waals surface area contributed by atoms with Crippen molar-refractivity contribution in [1.82, 2.24) is 9.97 Å². The molecule has 0 fully saturated rings. The van der Waals surface area contributed by atoms with Gasteiger partial charge < -0.3 is 4.98 Å². The number of aromatic nitrogens is 2. The van der Waals surface area contributed by atoms with Crippen molar-refractivity contribution >= 4 is 34.4 Å². The average molecular weight is 293 g/mol. The fourth-order valence-corrected chi connectivity index (χ4v) is 2.77. The number of imidazole rings is 1. The SMILES string of the molecule is Fc1ccc(CSc2nc3ccc(Cl)cc3[nH]2)cc1. The molecule has 19 heavy (non-hydrogen) atoms. The lowest BCUT2D eigenvalue weighted by Crippen LogP contribution is -1.82. The van der Waals surface area contributed by atoms with Gasteiger partial charge in [0, 0.05) is 10.8 Å². The van der Waals surface area contributed by atoms with E-state index in [1.165, 1.54) is 12.1 Å². The second-order valence-corrected chi connectivity index (χ2v) is 5.52. The molecule has 0 saturated heterocycles. The number of nitrogens with one attached hydrogen (secondary N) is 1. The lowest BCUT2D eigenvalue weighted by molar-refractivity contribution is 0.627. The molecular weight excluding hydrogens is 283 g/mol. The number of fused-ring (bicyclic) bond motifs is 1. The largest absolute Gasteiger partial charge is 0.333 e. The van der Waals surface area contributed by atoms with Crippen molar-refractivity contribution in [3.05, 3.63) is 58.9 Å². The quantitative estimate of drug-likeness (QED) is 0.712. The first-order valence-corrected chi connectivity index (χ1v) is 7.09. The van der Waals surface area contributed by atoms with Crippen LogP contribution in [0.15, 0.2) is 47.6 Å². The molecule has 96 valence electrons. The van der Waals surface area contributed by atoms with Gasteiger partial charge in [0.1, 0.15) is 5.82 Å². The zero-order valence-electron chi connectivity index (χ0n) is 9.86. The van der Waals surface area contributed by atoms with E-state index in [9.17, 15) is 4.39 Å². The highest BCUT2D eigenvalue weighted by Crippen LogP contribution is 2.24. The van der Waals surface area contributed by atoms with Gasteiger partial charge in [0.15, 0.2) is 5.16 Å². The Kier molecular flexibility index (Phi) is 3.44. The number of halogens is 2. The van der Waals surface area contributed by atoms with Gasteiger partial charge >= 0.3 is 0 Å². The topological polar surface area (TPSA) is 28.7 Å². The minimum Gasteiger partial charge on any atom is -0.333 e. The van der Waals surface area contributed by atoms with E-state index in [0.29, 0.717) is 5.02 Å². The number of aromatic amines is 1. The van der Waals surface area contributed by atoms with Gasteiger partial charge in [0.25, 0.3) is 0 Å². The van der Waals surface area contributed by atoms with Crippen molar-refractivity contribution < 1.29 is 4.39 Å². The van der Waals surface area contributed by atoms with Crippen LogP contribution in [0.1, 0.15) is 5.56 Å². The monoisotopic (exact) mass is 292 g/mol. The highest BCUT2D eigenvalue weighted by atomic mass is 35.5. The Morgan fingerprint density at radius 3 is 2.74 bits per heavy atom. The summed E-state index contributed by atoms with van der Waals surface area (Å²) >= 11 is 7.50. The summed E-state index contributed by atoms with van der Waals surface area (Å²) in [5, 5.41) is 1.52. The van der Waals surface area contributed by atoms with Crippen LogP contribution >= 0.6 is 23.4 Å². The number of nitrogens with zero attached hydrogens (tertiary/aromatic N) is 1. The Bertz CT molecular complexity index is 709. The summed E-state index contributed by atoms with van der Waals surface area (Å²) in [6.07, 6.45) is 0. The summed E-state index contributed by atoms with van der Waals surface area (Å²) in [5.41, 5.74) is 2.88. The van der Waals surface area contributed by atoms with Crippen LogP contribution in [-0.4, -0.2) is 9.97 Å². The van der Waals surface area contributed by atoms with Crippen LogP contribution in [0.2, 0.25) is 5.02 Å². The first kappa shape index (κ1) is 12.5. The van der Waals surface area contributed by atoms with E-state index in [4.69, 9.17) is 11.6 Å². The Hall–Kier alpha value is -1.52. The third-order valence-electron chi connectivity index (χ3n) is 2.71. The molecule has 0 bridgehead atoms. The van der Waals surface area contributed by atoms with Crippen molar-refractivity contribution in [2.45, 2.75) is 10.9 Å². The van der Waals surface area contributed by atoms with Crippen LogP contribution in [-0.2, 0) is 5.75 Å². The molecule has 1 aromatic heterocycles. The summed E-state index contributed by atoms with van der Waals surface area (Å²) in [7, 11) is 0. The molecule has 2 nitrogen and oxygen atoms in total. The molecule has 0 unspecified atom stereocenters. The van der Waals surface area contributed by atoms with E-state index < -0.39 is 0 Å². The third kappa shape index (κ3) is 2.91. The molecule has 5 heteroatoms. The molecule has 3 rings (SSSR count). The van der Waals surface area contributed by atoms with E-state index in [1.807, 2.05) is 18.2 Å². The number of benzene rings is 2. The fraction of sp³-hybridized carbons (Fsp3) is 0.0714. The van der Waals surface area contributed by atoms with Gasteiger partial charge in [0.2, 0.25) is 0 Å². The number of thioether (sulfide) groups is 1. The van der Waals surface area contributed by atoms with Crippen molar-refractivity contribution in [3.8, 4) is 0 Å². The Morgan fingerprint density at radius 2 is 1.95 bits per heavy atom. The zero-order valence-corrected chi connectivity index (χ0v) is 11.4. The van der Waals surface area contributed by atoms with Gasteiger partial charge in [-0.3, -0.25) is 0 Å². The summed E-state index contributed by atoms with van der Waals surface area (Å²) in [5.74, 6) is 0.528. The first-order valence-electron chi connectivity index (χ1n) is 5.73. The van der Waals surface area contributed by atoms with Crippen LogP contribution in [0.3, 0.4) is 0 Å². The molecule has 3 aromatic rings. The molecule has 0 amide bonds. The molecule has 0 radical (unpaired) electrons. The molecule has 0 aliphatic heterocycles. The molecule has 0 aliphatic carbocycles. The van der Waals surface area contributed by atoms with Crippen LogP contribution in [0, 0.1) is 5.82 Å². The van der Waals surface area contributed by atoms with Gasteiger partial charge in [-0.1, -0.05) is 35.5 Å². The summed E-state index contributed by atoms with van der Waals surface area (Å²) in [4.78, 5) is 7.67. The Morgan fingerprint density at radius 1 is 1.16 bits per heavy atom. The van der Waals surface area contributed by atoms with Crippen LogP contribution in [0.25, 0.3) is 11.0 Å². The molecule has 0 saturated carbocycles. The van der Waals surface area contributed by atoms with Crippen molar-refractivity contribution in [3.63, 3.8) is 0 Å². The Labute approximate surface area is 119 Å². The lowest BCUT2D eigenvalue weighted by Gasteiger charge is -1.98. The molecular formula is C14H10ClFN2S. The molecule has 1 heterocycles. The fourth-order valence-electron chi connectivity index (χ4n) is 1.76. The van der Waals surface area contributed by atoms with Gasteiger partial charge in [-0.2, -0.15) is 0 Å². The van der Waals surface area contributed by atoms with Crippen molar-refractivity contribution in [2.24, 2.45) is 0 Å². The zero-order chi connectivity index (χ0) is 13.2. The average Bonchev–Trinajstić information content (AvgIpc) is 2.80. The number of hydrogen-bond donors (Lipinski definition) is 1. The number of H-pyrrole nitrogens is 1. The predicted molar refractivity (Wildman–Crippen MR) is 77.1 cm³/mol. The van der Waals surface area contributed by atoms with Crippen molar-refractivity contribution in [2.75, 3.05) is 0 Å². The van der Waals surface area contributed by atoms with E-state index in [1.54, 1.807) is 23.9 Å². The standard InChI is InChI=1S/C14H10ClFN2S/c15-10-3-6-12-13(7-10)18-14(17-12)19-8-9-1-4-11(16)5-2-9/h1-7H,8H2,(H,17,18). The van der Waals surface area contributed by atoms with Gasteiger partial charge in [-0.05, 0) is 35.9 Å². The minimum atomic E-state index is -0.216. The van der Waals surface area contributed by atoms with Gasteiger partial charge in [-0.25, -0.2) is 9.37 Å². The van der Waals surface area contributed by atoms with E-state index >= 15 is 0 Å². The Balaban J connectivity index is 1.76. The second kappa shape index (κ2) is 5.23. The summed E-state index contributed by atoms with van der Waals surface area (Å²) in [6, 6.07) is 12.0. The third-order valence-corrected chi connectivity index (χ3v) is 3.89. The smallest absolute Gasteiger partial charge is 0.166 e. The molecule has 0 spiro atoms. The van der Waals surface area contributed by atoms with Gasteiger partial charge in [0.05, 0.1) is 11.0 Å². The number of hydrogen-bond acceptors (Lipinski definition) is 2. The predicted octanol–water partition coefficient (Wildman–Crippen LogP) is 4.65. The lowest BCUT2D eigenvalue weighted by atomic mass is 10.2. The highest BCUT2D eigenvalue weighted by Gasteiger charge is 2.04. The van der Waals surface area contributed by atoms with E-state index in [2.05, 4.69) is 9.97 Å². The maximum absolute atomic E-state index is 12.8. The molecule has 0 atom stereocenters. The second-order valence-electron chi connectivity index (χ2n) is 4.12. The minimum absolute atomic E-state index is 0.216. The maximum Gasteiger partial charge on any atom is 0.166 e. The van der Waals surface area contributed by atoms with Crippen LogP contribution in [0.4, 0.5) is 4.39 Å². The molecule has 0 aliphatic rings. The van der Waals surface area contributed by atoms with Crippen molar-refractivity contribution in [1.29, 1.82) is 0 Å². The molecule has 2 aromatic carbocycles. The van der Waals surface area contributed by atoms with Crippen LogP contribution < -0.4 is 0 Å². The normalized spacial score (nSPS) is 11.1.